The Kier molecular flexibility index (Phi) is 5.22. The van der Waals surface area contributed by atoms with Crippen molar-refractivity contribution in [1.82, 2.24) is 19.0 Å². The van der Waals surface area contributed by atoms with E-state index in [0.717, 1.165) is 17.5 Å². The highest BCUT2D eigenvalue weighted by Crippen LogP contribution is 2.22. The standard InChI is InChI=1S/C18H17F2N5O4S/c19-16-4-3-15(10-17(16)20)30(28,29)23-7-5-22(6-8-23)12-24-18-9-14(25(26)27)2-1-13(18)11-21-24/h1-4,9-11H,5-8,12H2. The number of hydrogen-bond acceptors (Lipinski definition) is 6. The van der Waals surface area contributed by atoms with E-state index in [-0.39, 0.29) is 23.7 Å². The number of fused-ring (bicyclic) bond motifs is 1. The van der Waals surface area contributed by atoms with Gasteiger partial charge in [-0.1, -0.05) is 0 Å². The van der Waals surface area contributed by atoms with Crippen molar-refractivity contribution in [3.63, 3.8) is 0 Å². The molecular weight excluding hydrogens is 420 g/mol. The molecule has 30 heavy (non-hydrogen) atoms. The van der Waals surface area contributed by atoms with Gasteiger partial charge in [0.1, 0.15) is 0 Å². The molecule has 0 unspecified atom stereocenters. The van der Waals surface area contributed by atoms with Crippen molar-refractivity contribution in [3.8, 4) is 0 Å². The van der Waals surface area contributed by atoms with Gasteiger partial charge in [0.05, 0.1) is 28.2 Å². The summed E-state index contributed by atoms with van der Waals surface area (Å²) in [5.41, 5.74) is 0.577. The quantitative estimate of drug-likeness (QED) is 0.448. The molecule has 0 bridgehead atoms. The highest BCUT2D eigenvalue weighted by molar-refractivity contribution is 7.89. The van der Waals surface area contributed by atoms with Crippen LogP contribution in [0.5, 0.6) is 0 Å². The molecule has 0 aliphatic carbocycles. The van der Waals surface area contributed by atoms with Gasteiger partial charge in [-0.05, 0) is 24.3 Å². The fourth-order valence-corrected chi connectivity index (χ4v) is 4.81. The Morgan fingerprint density at radius 1 is 1.03 bits per heavy atom. The number of benzene rings is 2. The van der Waals surface area contributed by atoms with Crippen LogP contribution < -0.4 is 0 Å². The molecule has 0 N–H and O–H groups in total. The minimum atomic E-state index is -3.93. The molecule has 1 saturated heterocycles. The van der Waals surface area contributed by atoms with Crippen LogP contribution in [0.3, 0.4) is 0 Å². The number of nitro groups is 1. The first kappa shape index (κ1) is 20.3. The Labute approximate surface area is 170 Å². The average Bonchev–Trinajstić information content (AvgIpc) is 3.12. The summed E-state index contributed by atoms with van der Waals surface area (Å²) in [5.74, 6) is -2.32. The van der Waals surface area contributed by atoms with E-state index in [1.807, 2.05) is 4.90 Å². The zero-order valence-corrected chi connectivity index (χ0v) is 16.4. The first-order chi connectivity index (χ1) is 14.3. The number of nitro benzene ring substituents is 1. The van der Waals surface area contributed by atoms with Gasteiger partial charge in [-0.2, -0.15) is 9.40 Å². The zero-order chi connectivity index (χ0) is 21.5. The normalized spacial score (nSPS) is 16.2. The smallest absolute Gasteiger partial charge is 0.271 e. The number of sulfonamides is 1. The van der Waals surface area contributed by atoms with E-state index in [4.69, 9.17) is 0 Å². The predicted octanol–water partition coefficient (Wildman–Crippen LogP) is 2.19. The molecule has 158 valence electrons. The third-order valence-corrected chi connectivity index (χ3v) is 6.93. The van der Waals surface area contributed by atoms with E-state index in [2.05, 4.69) is 5.10 Å². The summed E-state index contributed by atoms with van der Waals surface area (Å²) in [6, 6.07) is 7.01. The minimum Gasteiger partial charge on any atom is -0.282 e. The molecule has 4 rings (SSSR count). The predicted molar refractivity (Wildman–Crippen MR) is 103 cm³/mol. The van der Waals surface area contributed by atoms with Gasteiger partial charge < -0.3 is 0 Å². The minimum absolute atomic E-state index is 0.0355. The maximum atomic E-state index is 13.4. The lowest BCUT2D eigenvalue weighted by Gasteiger charge is -2.33. The first-order valence-electron chi connectivity index (χ1n) is 9.03. The highest BCUT2D eigenvalue weighted by Gasteiger charge is 2.29. The lowest BCUT2D eigenvalue weighted by Crippen LogP contribution is -2.48. The summed E-state index contributed by atoms with van der Waals surface area (Å²) >= 11 is 0. The van der Waals surface area contributed by atoms with E-state index < -0.39 is 26.6 Å². The highest BCUT2D eigenvalue weighted by atomic mass is 32.2. The fourth-order valence-electron chi connectivity index (χ4n) is 3.37. The second kappa shape index (κ2) is 7.70. The Bertz CT molecular complexity index is 1220. The van der Waals surface area contributed by atoms with Crippen LogP contribution >= 0.6 is 0 Å². The van der Waals surface area contributed by atoms with Gasteiger partial charge in [-0.25, -0.2) is 17.2 Å². The number of piperazine rings is 1. The molecule has 1 fully saturated rings. The van der Waals surface area contributed by atoms with Gasteiger partial charge in [-0.3, -0.25) is 19.7 Å². The molecule has 2 heterocycles. The summed E-state index contributed by atoms with van der Waals surface area (Å²) < 4.78 is 54.8. The molecular formula is C18H17F2N5O4S. The van der Waals surface area contributed by atoms with Crippen molar-refractivity contribution < 1.29 is 22.1 Å². The first-order valence-corrected chi connectivity index (χ1v) is 10.5. The molecule has 2 aromatic carbocycles. The third-order valence-electron chi connectivity index (χ3n) is 5.03. The van der Waals surface area contributed by atoms with Crippen molar-refractivity contribution in [1.29, 1.82) is 0 Å². The van der Waals surface area contributed by atoms with Crippen LogP contribution in [0.4, 0.5) is 14.5 Å². The molecule has 0 atom stereocenters. The van der Waals surface area contributed by atoms with Crippen LogP contribution in [0.1, 0.15) is 0 Å². The van der Waals surface area contributed by atoms with Crippen LogP contribution in [-0.4, -0.2) is 58.5 Å². The molecule has 3 aromatic rings. The van der Waals surface area contributed by atoms with Crippen LogP contribution in [0, 0.1) is 21.7 Å². The van der Waals surface area contributed by atoms with E-state index >= 15 is 0 Å². The van der Waals surface area contributed by atoms with E-state index in [0.29, 0.717) is 31.3 Å². The fraction of sp³-hybridized carbons (Fsp3) is 0.278. The molecule has 0 amide bonds. The lowest BCUT2D eigenvalue weighted by atomic mass is 10.2. The molecule has 1 aliphatic heterocycles. The van der Waals surface area contributed by atoms with Gasteiger partial charge in [0, 0.05) is 43.7 Å². The Morgan fingerprint density at radius 2 is 1.77 bits per heavy atom. The Balaban J connectivity index is 1.46. The van der Waals surface area contributed by atoms with Crippen LogP contribution in [0.2, 0.25) is 0 Å². The van der Waals surface area contributed by atoms with Crippen molar-refractivity contribution in [3.05, 3.63) is 64.3 Å². The van der Waals surface area contributed by atoms with E-state index in [9.17, 15) is 27.3 Å². The number of halogens is 2. The molecule has 0 spiro atoms. The van der Waals surface area contributed by atoms with Crippen molar-refractivity contribution in [2.45, 2.75) is 11.6 Å². The van der Waals surface area contributed by atoms with Gasteiger partial charge in [0.15, 0.2) is 11.6 Å². The topological polar surface area (TPSA) is 102 Å². The number of hydrogen-bond donors (Lipinski definition) is 0. The van der Waals surface area contributed by atoms with Gasteiger partial charge >= 0.3 is 0 Å². The van der Waals surface area contributed by atoms with Gasteiger partial charge in [0.25, 0.3) is 5.69 Å². The maximum absolute atomic E-state index is 13.4. The number of rotatable bonds is 5. The zero-order valence-electron chi connectivity index (χ0n) is 15.6. The largest absolute Gasteiger partial charge is 0.282 e. The summed E-state index contributed by atoms with van der Waals surface area (Å²) in [6.07, 6.45) is 1.61. The Morgan fingerprint density at radius 3 is 2.43 bits per heavy atom. The monoisotopic (exact) mass is 437 g/mol. The second-order valence-electron chi connectivity index (χ2n) is 6.88. The lowest BCUT2D eigenvalue weighted by molar-refractivity contribution is -0.384. The number of nitrogens with zero attached hydrogens (tertiary/aromatic N) is 5. The van der Waals surface area contributed by atoms with Gasteiger partial charge in [-0.15, -0.1) is 0 Å². The van der Waals surface area contributed by atoms with E-state index in [1.165, 1.54) is 16.4 Å². The molecule has 0 radical (unpaired) electrons. The van der Waals surface area contributed by atoms with Crippen molar-refractivity contribution >= 4 is 26.6 Å². The molecule has 0 saturated carbocycles. The summed E-state index contributed by atoms with van der Waals surface area (Å²) in [4.78, 5) is 12.2. The van der Waals surface area contributed by atoms with Crippen molar-refractivity contribution in [2.24, 2.45) is 0 Å². The summed E-state index contributed by atoms with van der Waals surface area (Å²) in [6.45, 7) is 1.45. The molecule has 1 aromatic heterocycles. The second-order valence-corrected chi connectivity index (χ2v) is 8.82. The Hall–Kier alpha value is -2.96. The van der Waals surface area contributed by atoms with Gasteiger partial charge in [0.2, 0.25) is 10.0 Å². The average molecular weight is 437 g/mol. The molecule has 9 nitrogen and oxygen atoms in total. The van der Waals surface area contributed by atoms with Crippen LogP contribution in [-0.2, 0) is 16.7 Å². The SMILES string of the molecule is O=[N+]([O-])c1ccc2cnn(CN3CCN(S(=O)(=O)c4ccc(F)c(F)c4)CC3)c2c1. The number of aromatic nitrogens is 2. The van der Waals surface area contributed by atoms with Crippen LogP contribution in [0.15, 0.2) is 47.5 Å². The molecule has 1 aliphatic rings. The summed E-state index contributed by atoms with van der Waals surface area (Å²) in [5, 5.41) is 16.0. The summed E-state index contributed by atoms with van der Waals surface area (Å²) in [7, 11) is -3.93. The maximum Gasteiger partial charge on any atom is 0.271 e. The number of non-ortho nitro benzene ring substituents is 1. The third kappa shape index (κ3) is 3.76. The van der Waals surface area contributed by atoms with Crippen molar-refractivity contribution in [2.75, 3.05) is 26.2 Å². The van der Waals surface area contributed by atoms with Crippen LogP contribution in [0.25, 0.3) is 10.9 Å². The van der Waals surface area contributed by atoms with E-state index in [1.54, 1.807) is 16.9 Å². The molecule has 12 heteroatoms.